The average Bonchev–Trinajstić information content (AvgIpc) is 2.50. The zero-order valence-electron chi connectivity index (χ0n) is 9.41. The third-order valence-corrected chi connectivity index (χ3v) is 2.11. The number of nitrogens with zero attached hydrogens (tertiary/aromatic N) is 2. The first-order valence-corrected chi connectivity index (χ1v) is 5.05. The third-order valence-electron chi connectivity index (χ3n) is 2.11. The fraction of sp³-hybridized carbons (Fsp3) is 0.800. The van der Waals surface area contributed by atoms with Gasteiger partial charge in [0.1, 0.15) is 5.60 Å². The molecule has 1 rings (SSSR count). The van der Waals surface area contributed by atoms with E-state index in [1.165, 1.54) is 0 Å². The molecule has 1 aliphatic heterocycles. The van der Waals surface area contributed by atoms with Gasteiger partial charge in [0.05, 0.1) is 6.04 Å². The van der Waals surface area contributed by atoms with E-state index in [1.54, 1.807) is 4.90 Å². The molecule has 5 nitrogen and oxygen atoms in total. The van der Waals surface area contributed by atoms with Gasteiger partial charge in [-0.25, -0.2) is 4.79 Å². The van der Waals surface area contributed by atoms with Crippen LogP contribution in [0.4, 0.5) is 4.79 Å². The minimum absolute atomic E-state index is 0.0718. The van der Waals surface area contributed by atoms with Gasteiger partial charge in [-0.3, -0.25) is 0 Å². The smallest absolute Gasteiger partial charge is 0.410 e. The Hall–Kier alpha value is -1.44. The van der Waals surface area contributed by atoms with Gasteiger partial charge in [-0.15, -0.1) is 0 Å². The normalized spacial score (nSPS) is 20.9. The third kappa shape index (κ3) is 3.66. The van der Waals surface area contributed by atoms with E-state index >= 15 is 0 Å². The van der Waals surface area contributed by atoms with Crippen molar-refractivity contribution in [3.63, 3.8) is 0 Å². The maximum absolute atomic E-state index is 11.6. The van der Waals surface area contributed by atoms with E-state index in [2.05, 4.69) is 5.32 Å². The number of rotatable bonds is 1. The zero-order chi connectivity index (χ0) is 11.5. The van der Waals surface area contributed by atoms with Crippen molar-refractivity contribution in [3.05, 3.63) is 0 Å². The molecule has 1 fully saturated rings. The van der Waals surface area contributed by atoms with E-state index in [0.717, 1.165) is 6.42 Å². The van der Waals surface area contributed by atoms with Crippen LogP contribution in [0.5, 0.6) is 0 Å². The van der Waals surface area contributed by atoms with Crippen molar-refractivity contribution in [1.29, 1.82) is 5.26 Å². The van der Waals surface area contributed by atoms with Crippen LogP contribution >= 0.6 is 0 Å². The fourth-order valence-electron chi connectivity index (χ4n) is 1.46. The molecule has 1 aliphatic rings. The summed E-state index contributed by atoms with van der Waals surface area (Å²) in [7, 11) is 0. The molecule has 5 heteroatoms. The molecule has 84 valence electrons. The number of hydrogen-bond donors (Lipinski definition) is 1. The van der Waals surface area contributed by atoms with Crippen LogP contribution in [0.3, 0.4) is 0 Å². The van der Waals surface area contributed by atoms with Crippen molar-refractivity contribution < 1.29 is 9.53 Å². The molecule has 0 spiro atoms. The number of carbonyl (C=O) groups is 1. The molecule has 1 saturated heterocycles. The second kappa shape index (κ2) is 4.39. The summed E-state index contributed by atoms with van der Waals surface area (Å²) in [4.78, 5) is 13.2. The Morgan fingerprint density at radius 1 is 1.60 bits per heavy atom. The molecule has 0 aliphatic carbocycles. The maximum Gasteiger partial charge on any atom is 0.410 e. The molecule has 0 aromatic carbocycles. The molecule has 0 bridgehead atoms. The summed E-state index contributed by atoms with van der Waals surface area (Å²) in [6.07, 6.45) is 2.39. The van der Waals surface area contributed by atoms with Gasteiger partial charge in [0.15, 0.2) is 6.19 Å². The molecule has 0 aromatic rings. The highest BCUT2D eigenvalue weighted by molar-refractivity contribution is 5.68. The second-order valence-electron chi connectivity index (χ2n) is 4.67. The van der Waals surface area contributed by atoms with Crippen molar-refractivity contribution in [2.45, 2.75) is 38.8 Å². The lowest BCUT2D eigenvalue weighted by atomic mass is 10.2. The van der Waals surface area contributed by atoms with Gasteiger partial charge >= 0.3 is 6.09 Å². The Labute approximate surface area is 90.0 Å². The molecule has 1 N–H and O–H groups in total. The van der Waals surface area contributed by atoms with E-state index in [0.29, 0.717) is 13.1 Å². The van der Waals surface area contributed by atoms with Crippen LogP contribution < -0.4 is 5.32 Å². The minimum Gasteiger partial charge on any atom is -0.444 e. The summed E-state index contributed by atoms with van der Waals surface area (Å²) in [6, 6.07) is 0.0718. The van der Waals surface area contributed by atoms with Gasteiger partial charge in [0.2, 0.25) is 0 Å². The predicted octanol–water partition coefficient (Wildman–Crippen LogP) is 1.07. The van der Waals surface area contributed by atoms with E-state index in [9.17, 15) is 4.79 Å². The number of amides is 1. The monoisotopic (exact) mass is 211 g/mol. The fourth-order valence-corrected chi connectivity index (χ4v) is 1.46. The van der Waals surface area contributed by atoms with Crippen LogP contribution in [0.1, 0.15) is 27.2 Å². The zero-order valence-corrected chi connectivity index (χ0v) is 9.41. The molecular formula is C10H17N3O2. The summed E-state index contributed by atoms with van der Waals surface area (Å²) in [5.74, 6) is 0. The lowest BCUT2D eigenvalue weighted by Crippen LogP contribution is -2.37. The number of nitrogens with one attached hydrogen (secondary N) is 1. The summed E-state index contributed by atoms with van der Waals surface area (Å²) in [5.41, 5.74) is -0.460. The maximum atomic E-state index is 11.6. The lowest BCUT2D eigenvalue weighted by Gasteiger charge is -2.24. The largest absolute Gasteiger partial charge is 0.444 e. The van der Waals surface area contributed by atoms with Crippen LogP contribution in [0.25, 0.3) is 0 Å². The number of ether oxygens (including phenoxy) is 1. The molecule has 1 heterocycles. The van der Waals surface area contributed by atoms with Crippen molar-refractivity contribution in [3.8, 4) is 6.19 Å². The van der Waals surface area contributed by atoms with E-state index < -0.39 is 5.60 Å². The number of likely N-dealkylation sites (tertiary alicyclic amines) is 1. The summed E-state index contributed by atoms with van der Waals surface area (Å²) < 4.78 is 5.22. The number of carbonyl (C=O) groups excluding carboxylic acids is 1. The van der Waals surface area contributed by atoms with Crippen LogP contribution in [-0.4, -0.2) is 35.7 Å². The highest BCUT2D eigenvalue weighted by Gasteiger charge is 2.29. The first-order chi connectivity index (χ1) is 6.92. The van der Waals surface area contributed by atoms with Crippen LogP contribution in [-0.2, 0) is 4.74 Å². The Balaban J connectivity index is 2.41. The molecule has 0 saturated carbocycles. The molecule has 0 unspecified atom stereocenters. The Bertz CT molecular complexity index is 277. The van der Waals surface area contributed by atoms with Gasteiger partial charge in [0, 0.05) is 13.1 Å². The van der Waals surface area contributed by atoms with Crippen molar-refractivity contribution >= 4 is 6.09 Å². The first kappa shape index (κ1) is 11.6. The van der Waals surface area contributed by atoms with Crippen molar-refractivity contribution in [2.24, 2.45) is 0 Å². The molecule has 1 atom stereocenters. The van der Waals surface area contributed by atoms with Gasteiger partial charge in [-0.1, -0.05) is 0 Å². The Kier molecular flexibility index (Phi) is 3.40. The van der Waals surface area contributed by atoms with Crippen LogP contribution in [0.15, 0.2) is 0 Å². The Morgan fingerprint density at radius 3 is 2.80 bits per heavy atom. The SMILES string of the molecule is CC(C)(C)OC(=O)N1CC[C@@H](NC#N)C1. The second-order valence-corrected chi connectivity index (χ2v) is 4.67. The predicted molar refractivity (Wildman–Crippen MR) is 55.0 cm³/mol. The first-order valence-electron chi connectivity index (χ1n) is 5.05. The highest BCUT2D eigenvalue weighted by Crippen LogP contribution is 2.14. The van der Waals surface area contributed by atoms with Gasteiger partial charge in [0.25, 0.3) is 0 Å². The molecule has 0 radical (unpaired) electrons. The molecule has 15 heavy (non-hydrogen) atoms. The number of nitriles is 1. The number of hydrogen-bond acceptors (Lipinski definition) is 4. The Morgan fingerprint density at radius 2 is 2.27 bits per heavy atom. The average molecular weight is 211 g/mol. The molecular weight excluding hydrogens is 194 g/mol. The molecule has 0 aromatic heterocycles. The van der Waals surface area contributed by atoms with Gasteiger partial charge in [-0.05, 0) is 27.2 Å². The topological polar surface area (TPSA) is 65.4 Å². The van der Waals surface area contributed by atoms with Crippen LogP contribution in [0, 0.1) is 11.5 Å². The summed E-state index contributed by atoms with van der Waals surface area (Å²) in [5, 5.41) is 11.1. The van der Waals surface area contributed by atoms with Crippen molar-refractivity contribution in [2.75, 3.05) is 13.1 Å². The highest BCUT2D eigenvalue weighted by atomic mass is 16.6. The van der Waals surface area contributed by atoms with E-state index in [4.69, 9.17) is 10.00 Å². The standard InChI is InChI=1S/C10H17N3O2/c1-10(2,3)15-9(14)13-5-4-8(6-13)12-7-11/h8,12H,4-6H2,1-3H3/t8-/m1/s1. The molecule has 1 amide bonds. The van der Waals surface area contributed by atoms with Crippen molar-refractivity contribution in [1.82, 2.24) is 10.2 Å². The quantitative estimate of drug-likeness (QED) is 0.520. The summed E-state index contributed by atoms with van der Waals surface area (Å²) >= 11 is 0. The lowest BCUT2D eigenvalue weighted by molar-refractivity contribution is 0.0291. The minimum atomic E-state index is -0.460. The van der Waals surface area contributed by atoms with Crippen LogP contribution in [0.2, 0.25) is 0 Å². The van der Waals surface area contributed by atoms with Gasteiger partial charge in [-0.2, -0.15) is 5.26 Å². The summed E-state index contributed by atoms with van der Waals surface area (Å²) in [6.45, 7) is 6.71. The van der Waals surface area contributed by atoms with Gasteiger partial charge < -0.3 is 15.0 Å². The van der Waals surface area contributed by atoms with E-state index in [1.807, 2.05) is 27.0 Å². The van der Waals surface area contributed by atoms with E-state index in [-0.39, 0.29) is 12.1 Å².